The van der Waals surface area contributed by atoms with E-state index in [4.69, 9.17) is 4.74 Å². The van der Waals surface area contributed by atoms with Gasteiger partial charge in [-0.2, -0.15) is 5.10 Å². The molecule has 0 bridgehead atoms. The van der Waals surface area contributed by atoms with E-state index < -0.39 is 0 Å². The Kier molecular flexibility index (Phi) is 4.52. The molecule has 0 spiro atoms. The zero-order valence-electron chi connectivity index (χ0n) is 11.1. The second-order valence-corrected chi connectivity index (χ2v) is 4.57. The van der Waals surface area contributed by atoms with Crippen molar-refractivity contribution < 1.29 is 9.13 Å². The number of nitrogens with one attached hydrogen (secondary N) is 2. The van der Waals surface area contributed by atoms with Crippen LogP contribution in [0.2, 0.25) is 0 Å². The molecule has 0 aliphatic rings. The van der Waals surface area contributed by atoms with E-state index in [1.54, 1.807) is 12.1 Å². The van der Waals surface area contributed by atoms with Crippen LogP contribution in [0.15, 0.2) is 30.5 Å². The Morgan fingerprint density at radius 3 is 3.00 bits per heavy atom. The number of ether oxygens (including phenoxy) is 1. The van der Waals surface area contributed by atoms with Gasteiger partial charge in [-0.15, -0.1) is 0 Å². The van der Waals surface area contributed by atoms with Crippen LogP contribution in [0.5, 0.6) is 5.75 Å². The Labute approximate surface area is 112 Å². The Bertz CT molecular complexity index is 527. The van der Waals surface area contributed by atoms with E-state index in [9.17, 15) is 4.39 Å². The maximum atomic E-state index is 13.0. The normalized spacial score (nSPS) is 12.4. The molecule has 1 atom stereocenters. The predicted molar refractivity (Wildman–Crippen MR) is 71.5 cm³/mol. The molecule has 1 aromatic carbocycles. The highest BCUT2D eigenvalue weighted by Crippen LogP contribution is 2.12. The van der Waals surface area contributed by atoms with Crippen LogP contribution in [0, 0.1) is 12.7 Å². The molecule has 0 aliphatic carbocycles. The zero-order chi connectivity index (χ0) is 13.7. The number of nitrogens with zero attached hydrogens (tertiary/aromatic N) is 1. The van der Waals surface area contributed by atoms with Crippen molar-refractivity contribution in [1.82, 2.24) is 15.5 Å². The molecule has 2 aromatic rings. The van der Waals surface area contributed by atoms with Gasteiger partial charge in [0.2, 0.25) is 0 Å². The summed E-state index contributed by atoms with van der Waals surface area (Å²) in [6.07, 6.45) is 1.81. The van der Waals surface area contributed by atoms with E-state index in [-0.39, 0.29) is 11.9 Å². The lowest BCUT2D eigenvalue weighted by Crippen LogP contribution is -2.31. The average Bonchev–Trinajstić information content (AvgIpc) is 2.80. The molecule has 0 fully saturated rings. The van der Waals surface area contributed by atoms with Gasteiger partial charge in [-0.25, -0.2) is 4.39 Å². The minimum Gasteiger partial charge on any atom is -0.492 e. The standard InChI is InChI=1S/C14H18FN3O/c1-10(16-7-12-8-17-18-11(12)2)9-19-14-5-3-4-13(15)6-14/h3-6,8,10,16H,7,9H2,1-2H3,(H,17,18). The summed E-state index contributed by atoms with van der Waals surface area (Å²) in [5.74, 6) is 0.264. The quantitative estimate of drug-likeness (QED) is 0.841. The molecule has 0 saturated carbocycles. The maximum absolute atomic E-state index is 13.0. The zero-order valence-corrected chi connectivity index (χ0v) is 11.1. The summed E-state index contributed by atoms with van der Waals surface area (Å²) in [7, 11) is 0. The smallest absolute Gasteiger partial charge is 0.126 e. The van der Waals surface area contributed by atoms with Crippen molar-refractivity contribution in [3.63, 3.8) is 0 Å². The molecule has 0 aliphatic heterocycles. The molecule has 1 unspecified atom stereocenters. The van der Waals surface area contributed by atoms with Gasteiger partial charge in [0, 0.05) is 29.9 Å². The SMILES string of the molecule is Cc1[nH]ncc1CNC(C)COc1cccc(F)c1. The number of benzene rings is 1. The molecule has 0 radical (unpaired) electrons. The minimum atomic E-state index is -0.285. The van der Waals surface area contributed by atoms with Gasteiger partial charge >= 0.3 is 0 Å². The number of H-pyrrole nitrogens is 1. The predicted octanol–water partition coefficient (Wildman–Crippen LogP) is 2.41. The third kappa shape index (κ3) is 4.06. The van der Waals surface area contributed by atoms with Crippen LogP contribution in [0.25, 0.3) is 0 Å². The van der Waals surface area contributed by atoms with Crippen molar-refractivity contribution in [2.75, 3.05) is 6.61 Å². The highest BCUT2D eigenvalue weighted by Gasteiger charge is 2.05. The fraction of sp³-hybridized carbons (Fsp3) is 0.357. The van der Waals surface area contributed by atoms with Crippen molar-refractivity contribution in [1.29, 1.82) is 0 Å². The molecule has 4 nitrogen and oxygen atoms in total. The van der Waals surface area contributed by atoms with Crippen molar-refractivity contribution in [3.8, 4) is 5.75 Å². The minimum absolute atomic E-state index is 0.164. The van der Waals surface area contributed by atoms with Crippen molar-refractivity contribution in [2.24, 2.45) is 0 Å². The monoisotopic (exact) mass is 263 g/mol. The first-order valence-corrected chi connectivity index (χ1v) is 6.26. The van der Waals surface area contributed by atoms with Crippen molar-refractivity contribution in [2.45, 2.75) is 26.4 Å². The number of aromatic amines is 1. The Hall–Kier alpha value is -1.88. The highest BCUT2D eigenvalue weighted by atomic mass is 19.1. The Morgan fingerprint density at radius 1 is 1.47 bits per heavy atom. The number of halogens is 1. The van der Waals surface area contributed by atoms with Crippen LogP contribution in [0.3, 0.4) is 0 Å². The van der Waals surface area contributed by atoms with Gasteiger partial charge in [0.15, 0.2) is 0 Å². The lowest BCUT2D eigenvalue weighted by Gasteiger charge is -2.14. The van der Waals surface area contributed by atoms with Gasteiger partial charge in [0.25, 0.3) is 0 Å². The summed E-state index contributed by atoms with van der Waals surface area (Å²) in [6, 6.07) is 6.33. The summed E-state index contributed by atoms with van der Waals surface area (Å²) < 4.78 is 18.5. The highest BCUT2D eigenvalue weighted by molar-refractivity contribution is 5.22. The summed E-state index contributed by atoms with van der Waals surface area (Å²) in [4.78, 5) is 0. The molecule has 1 heterocycles. The van der Waals surface area contributed by atoms with E-state index in [1.807, 2.05) is 20.0 Å². The van der Waals surface area contributed by atoms with Crippen LogP contribution >= 0.6 is 0 Å². The molecule has 0 amide bonds. The molecule has 102 valence electrons. The van der Waals surface area contributed by atoms with Crippen LogP contribution in [-0.2, 0) is 6.54 Å². The van der Waals surface area contributed by atoms with E-state index in [0.717, 1.165) is 17.8 Å². The van der Waals surface area contributed by atoms with Gasteiger partial charge in [-0.05, 0) is 26.0 Å². The van der Waals surface area contributed by atoms with E-state index in [1.165, 1.54) is 12.1 Å². The first-order chi connectivity index (χ1) is 9.15. The average molecular weight is 263 g/mol. The number of rotatable bonds is 6. The summed E-state index contributed by atoms with van der Waals surface area (Å²) in [5, 5.41) is 10.2. The molecule has 2 rings (SSSR count). The number of aromatic nitrogens is 2. The van der Waals surface area contributed by atoms with Crippen LogP contribution in [0.1, 0.15) is 18.2 Å². The Balaban J connectivity index is 1.76. The first kappa shape index (κ1) is 13.5. The summed E-state index contributed by atoms with van der Waals surface area (Å²) >= 11 is 0. The van der Waals surface area contributed by atoms with E-state index in [2.05, 4.69) is 15.5 Å². The number of hydrogen-bond donors (Lipinski definition) is 2. The maximum Gasteiger partial charge on any atom is 0.126 e. The summed E-state index contributed by atoms with van der Waals surface area (Å²) in [6.45, 7) is 5.23. The molecule has 0 saturated heterocycles. The second-order valence-electron chi connectivity index (χ2n) is 4.57. The van der Waals surface area contributed by atoms with Gasteiger partial charge < -0.3 is 10.1 Å². The molecule has 19 heavy (non-hydrogen) atoms. The van der Waals surface area contributed by atoms with Gasteiger partial charge in [0.1, 0.15) is 18.2 Å². The number of aryl methyl sites for hydroxylation is 1. The van der Waals surface area contributed by atoms with Crippen LogP contribution in [0.4, 0.5) is 4.39 Å². The molecule has 2 N–H and O–H groups in total. The summed E-state index contributed by atoms with van der Waals surface area (Å²) in [5.41, 5.74) is 2.20. The number of hydrogen-bond acceptors (Lipinski definition) is 3. The van der Waals surface area contributed by atoms with Crippen LogP contribution in [-0.4, -0.2) is 22.8 Å². The van der Waals surface area contributed by atoms with Gasteiger partial charge in [0.05, 0.1) is 6.20 Å². The van der Waals surface area contributed by atoms with Crippen molar-refractivity contribution in [3.05, 3.63) is 47.5 Å². The molecular formula is C14H18FN3O. The largest absolute Gasteiger partial charge is 0.492 e. The molecule has 5 heteroatoms. The van der Waals surface area contributed by atoms with Gasteiger partial charge in [-0.1, -0.05) is 6.07 Å². The third-order valence-electron chi connectivity index (χ3n) is 2.87. The lowest BCUT2D eigenvalue weighted by atomic mass is 10.2. The van der Waals surface area contributed by atoms with E-state index in [0.29, 0.717) is 12.4 Å². The van der Waals surface area contributed by atoms with E-state index >= 15 is 0 Å². The Morgan fingerprint density at radius 2 is 2.32 bits per heavy atom. The first-order valence-electron chi connectivity index (χ1n) is 6.26. The molecular weight excluding hydrogens is 245 g/mol. The molecule has 1 aromatic heterocycles. The fourth-order valence-corrected chi connectivity index (χ4v) is 1.67. The second kappa shape index (κ2) is 6.33. The third-order valence-corrected chi connectivity index (χ3v) is 2.87. The topological polar surface area (TPSA) is 49.9 Å². The fourth-order valence-electron chi connectivity index (χ4n) is 1.67. The van der Waals surface area contributed by atoms with Gasteiger partial charge in [-0.3, -0.25) is 5.10 Å². The van der Waals surface area contributed by atoms with Crippen LogP contribution < -0.4 is 10.1 Å². The van der Waals surface area contributed by atoms with Crippen molar-refractivity contribution >= 4 is 0 Å². The lowest BCUT2D eigenvalue weighted by molar-refractivity contribution is 0.271.